The third-order valence-corrected chi connectivity index (χ3v) is 5.90. The van der Waals surface area contributed by atoms with Crippen LogP contribution in [0.3, 0.4) is 0 Å². The Morgan fingerprint density at radius 1 is 1.29 bits per heavy atom. The van der Waals surface area contributed by atoms with Crippen LogP contribution < -0.4 is 15.9 Å². The van der Waals surface area contributed by atoms with Gasteiger partial charge in [-0.15, -0.1) is 0 Å². The van der Waals surface area contributed by atoms with Gasteiger partial charge in [-0.1, -0.05) is 29.8 Å². The fourth-order valence-electron chi connectivity index (χ4n) is 2.99. The van der Waals surface area contributed by atoms with Gasteiger partial charge in [0.05, 0.1) is 19.3 Å². The van der Waals surface area contributed by atoms with Crippen LogP contribution in [0.15, 0.2) is 35.1 Å². The highest BCUT2D eigenvalue weighted by Crippen LogP contribution is 2.54. The second kappa shape index (κ2) is 11.6. The molecule has 3 unspecified atom stereocenters. The number of benzene rings is 1. The summed E-state index contributed by atoms with van der Waals surface area (Å²) in [7, 11) is -1.72. The number of hydrogen-bond acceptors (Lipinski definition) is 10. The molecular formula is C18H25ClN3O8P. The summed E-state index contributed by atoms with van der Waals surface area (Å²) in [5, 5.41) is 14.1. The van der Waals surface area contributed by atoms with Gasteiger partial charge in [0.1, 0.15) is 22.9 Å². The molecule has 13 heteroatoms. The minimum absolute atomic E-state index is 0.00921. The van der Waals surface area contributed by atoms with Crippen molar-refractivity contribution in [2.45, 2.75) is 31.8 Å². The Balaban J connectivity index is 0.000000807. The Hall–Kier alpha value is -1.98. The Labute approximate surface area is 183 Å². The number of nitrogens with two attached hydrogens (primary N) is 1. The van der Waals surface area contributed by atoms with Gasteiger partial charge < -0.3 is 25.2 Å². The number of aromatic nitrogens is 2. The van der Waals surface area contributed by atoms with Gasteiger partial charge in [-0.2, -0.15) is 4.98 Å². The van der Waals surface area contributed by atoms with Crippen molar-refractivity contribution in [2.75, 3.05) is 26.6 Å². The molecule has 1 aromatic heterocycles. The Morgan fingerprint density at radius 2 is 2.00 bits per heavy atom. The van der Waals surface area contributed by atoms with Crippen LogP contribution in [-0.2, 0) is 25.0 Å². The summed E-state index contributed by atoms with van der Waals surface area (Å²) in [6.45, 7) is 0.133. The molecule has 4 N–H and O–H groups in total. The van der Waals surface area contributed by atoms with Crippen molar-refractivity contribution in [1.82, 2.24) is 9.55 Å². The van der Waals surface area contributed by atoms with Gasteiger partial charge in [0.25, 0.3) is 0 Å². The summed E-state index contributed by atoms with van der Waals surface area (Å²) in [5.41, 5.74) is 5.72. The molecule has 0 bridgehead atoms. The first-order chi connectivity index (χ1) is 14.9. The number of nitrogens with zero attached hydrogens (tertiary/aromatic N) is 2. The van der Waals surface area contributed by atoms with E-state index in [1.165, 1.54) is 10.6 Å². The molecule has 2 aliphatic heterocycles. The summed E-state index contributed by atoms with van der Waals surface area (Å²) >= 11 is 6.08. The second-order valence-electron chi connectivity index (χ2n) is 6.16. The van der Waals surface area contributed by atoms with Crippen LogP contribution in [-0.4, -0.2) is 46.7 Å². The largest absolute Gasteiger partial charge is 0.530 e. The quantitative estimate of drug-likeness (QED) is 0.440. The number of aliphatic hydroxyl groups excluding tert-OH is 2. The normalized spacial score (nSPS) is 24.0. The van der Waals surface area contributed by atoms with Crippen molar-refractivity contribution >= 4 is 25.2 Å². The molecule has 0 radical (unpaired) electrons. The number of hydrogen-bond donors (Lipinski definition) is 3. The van der Waals surface area contributed by atoms with E-state index in [2.05, 4.69) is 4.98 Å². The Morgan fingerprint density at radius 3 is 2.71 bits per heavy atom. The number of nitrogen functional groups attached to an aromatic ring is 1. The highest BCUT2D eigenvalue weighted by molar-refractivity contribution is 7.49. The number of anilines is 1. The molecule has 0 amide bonds. The van der Waals surface area contributed by atoms with Crippen LogP contribution in [0.1, 0.15) is 24.6 Å². The van der Waals surface area contributed by atoms with Crippen molar-refractivity contribution in [1.29, 1.82) is 0 Å². The van der Waals surface area contributed by atoms with Crippen molar-refractivity contribution in [2.24, 2.45) is 0 Å². The van der Waals surface area contributed by atoms with E-state index in [9.17, 15) is 9.36 Å². The van der Waals surface area contributed by atoms with Crippen LogP contribution in [0.25, 0.3) is 0 Å². The standard InChI is InChI=1S/C16H17ClN3O6P.2CH4O/c17-13-7-14(18)19-16(21)20(13)15-6-5-11(25-15)9-24-27(22)23-8-10-3-1-2-4-12(10)26-27;2*1-2/h1-4,7,11,15H,5-6,8-9H2,(H2,18,19,21);2*2H,1H3. The summed E-state index contributed by atoms with van der Waals surface area (Å²) < 4.78 is 35.7. The fourth-order valence-corrected chi connectivity index (χ4v) is 4.52. The zero-order valence-corrected chi connectivity index (χ0v) is 18.7. The van der Waals surface area contributed by atoms with Gasteiger partial charge in [0, 0.05) is 25.8 Å². The van der Waals surface area contributed by atoms with Crippen molar-refractivity contribution in [3.8, 4) is 5.75 Å². The molecule has 31 heavy (non-hydrogen) atoms. The van der Waals surface area contributed by atoms with E-state index in [4.69, 9.17) is 45.9 Å². The average Bonchev–Trinajstić information content (AvgIpc) is 3.23. The van der Waals surface area contributed by atoms with Gasteiger partial charge in [-0.3, -0.25) is 13.6 Å². The number of fused-ring (bicyclic) bond motifs is 1. The molecule has 0 aliphatic carbocycles. The smallest absolute Gasteiger partial charge is 0.404 e. The third kappa shape index (κ3) is 6.27. The lowest BCUT2D eigenvalue weighted by Crippen LogP contribution is -2.29. The molecule has 11 nitrogen and oxygen atoms in total. The molecule has 4 rings (SSSR count). The van der Waals surface area contributed by atoms with Crippen molar-refractivity contribution in [3.05, 3.63) is 51.5 Å². The molecule has 2 aliphatic rings. The SMILES string of the molecule is CO.CO.Nc1cc(Cl)n(C2CCC(COP3(=O)OCc4ccccc4O3)O2)c(=O)n1. The lowest BCUT2D eigenvalue weighted by molar-refractivity contribution is -0.0262. The summed E-state index contributed by atoms with van der Waals surface area (Å²) in [4.78, 5) is 15.7. The second-order valence-corrected chi connectivity index (χ2v) is 8.14. The molecular weight excluding hydrogens is 453 g/mol. The van der Waals surface area contributed by atoms with Crippen LogP contribution >= 0.6 is 19.4 Å². The molecule has 1 aromatic carbocycles. The first-order valence-corrected chi connectivity index (χ1v) is 11.0. The van der Waals surface area contributed by atoms with Gasteiger partial charge in [-0.05, 0) is 18.9 Å². The predicted octanol–water partition coefficient (Wildman–Crippen LogP) is 2.11. The lowest BCUT2D eigenvalue weighted by atomic mass is 10.2. The third-order valence-electron chi connectivity index (χ3n) is 4.28. The van der Waals surface area contributed by atoms with Crippen LogP contribution in [0.4, 0.5) is 5.82 Å². The molecule has 1 saturated heterocycles. The van der Waals surface area contributed by atoms with E-state index in [-0.39, 0.29) is 24.2 Å². The maximum Gasteiger partial charge on any atom is 0.530 e. The first kappa shape index (κ1) is 25.3. The van der Waals surface area contributed by atoms with Crippen LogP contribution in [0.2, 0.25) is 5.15 Å². The van der Waals surface area contributed by atoms with Crippen LogP contribution in [0, 0.1) is 0 Å². The summed E-state index contributed by atoms with van der Waals surface area (Å²) in [5.74, 6) is 0.521. The molecule has 2 aromatic rings. The van der Waals surface area contributed by atoms with E-state index in [0.29, 0.717) is 18.6 Å². The maximum atomic E-state index is 12.6. The molecule has 0 spiro atoms. The van der Waals surface area contributed by atoms with Crippen molar-refractivity contribution in [3.63, 3.8) is 0 Å². The monoisotopic (exact) mass is 477 g/mol. The number of halogens is 1. The molecule has 0 saturated carbocycles. The number of para-hydroxylation sites is 1. The van der Waals surface area contributed by atoms with E-state index in [1.807, 2.05) is 12.1 Å². The minimum atomic E-state index is -3.72. The predicted molar refractivity (Wildman–Crippen MR) is 113 cm³/mol. The summed E-state index contributed by atoms with van der Waals surface area (Å²) in [6, 6.07) is 8.54. The van der Waals surface area contributed by atoms with E-state index >= 15 is 0 Å². The average molecular weight is 478 g/mol. The van der Waals surface area contributed by atoms with Gasteiger partial charge in [-0.25, -0.2) is 9.36 Å². The zero-order chi connectivity index (χ0) is 23.0. The van der Waals surface area contributed by atoms with Crippen molar-refractivity contribution < 1.29 is 33.1 Å². The van der Waals surface area contributed by atoms with Crippen LogP contribution in [0.5, 0.6) is 5.75 Å². The van der Waals surface area contributed by atoms with E-state index in [0.717, 1.165) is 19.8 Å². The topological polar surface area (TPSA) is 155 Å². The van der Waals surface area contributed by atoms with Gasteiger partial charge in [0.2, 0.25) is 0 Å². The number of phosphoric acid groups is 1. The maximum absolute atomic E-state index is 12.6. The van der Waals surface area contributed by atoms with Gasteiger partial charge in [0.15, 0.2) is 0 Å². The lowest BCUT2D eigenvalue weighted by Gasteiger charge is -2.25. The summed E-state index contributed by atoms with van der Waals surface area (Å²) in [6.07, 6.45) is 0.106. The Bertz CT molecular complexity index is 973. The van der Waals surface area contributed by atoms with E-state index < -0.39 is 25.8 Å². The van der Waals surface area contributed by atoms with E-state index in [1.54, 1.807) is 12.1 Å². The molecule has 172 valence electrons. The first-order valence-electron chi connectivity index (χ1n) is 9.20. The number of aliphatic hydroxyl groups is 2. The molecule has 3 atom stereocenters. The number of phosphoric ester groups is 1. The zero-order valence-electron chi connectivity index (χ0n) is 17.0. The fraction of sp³-hybridized carbons (Fsp3) is 0.444. The Kier molecular flexibility index (Phi) is 9.45. The highest BCUT2D eigenvalue weighted by Gasteiger charge is 2.37. The molecule has 3 heterocycles. The number of rotatable bonds is 4. The highest BCUT2D eigenvalue weighted by atomic mass is 35.5. The molecule has 1 fully saturated rings. The number of ether oxygens (including phenoxy) is 1. The van der Waals surface area contributed by atoms with Gasteiger partial charge >= 0.3 is 13.5 Å². The minimum Gasteiger partial charge on any atom is -0.404 e.